The molecule has 2 aromatic carbocycles. The maximum atomic E-state index is 12.1. The Morgan fingerprint density at radius 2 is 1.93 bits per heavy atom. The van der Waals surface area contributed by atoms with E-state index in [0.717, 1.165) is 16.5 Å². The lowest BCUT2D eigenvalue weighted by Gasteiger charge is -2.12. The second-order valence-corrected chi connectivity index (χ2v) is 6.19. The molecule has 1 aromatic heterocycles. The van der Waals surface area contributed by atoms with Crippen molar-refractivity contribution in [2.24, 2.45) is 0 Å². The zero-order valence-corrected chi connectivity index (χ0v) is 15.2. The van der Waals surface area contributed by atoms with Crippen molar-refractivity contribution in [3.05, 3.63) is 71.5 Å². The number of hydrogen-bond donors (Lipinski definition) is 1. The van der Waals surface area contributed by atoms with E-state index in [1.165, 1.54) is 0 Å². The van der Waals surface area contributed by atoms with Crippen LogP contribution in [0.15, 0.2) is 59.0 Å². The highest BCUT2D eigenvalue weighted by Gasteiger charge is 2.16. The minimum atomic E-state index is -0.556. The predicted molar refractivity (Wildman–Crippen MR) is 100 cm³/mol. The molecule has 6 heteroatoms. The first-order valence-corrected chi connectivity index (χ1v) is 8.59. The van der Waals surface area contributed by atoms with Crippen molar-refractivity contribution in [3.63, 3.8) is 0 Å². The van der Waals surface area contributed by atoms with Gasteiger partial charge in [-0.05, 0) is 36.8 Å². The van der Waals surface area contributed by atoms with Gasteiger partial charge in [0.05, 0.1) is 18.2 Å². The van der Waals surface area contributed by atoms with Crippen LogP contribution < -0.4 is 5.32 Å². The first-order valence-electron chi connectivity index (χ1n) is 8.59. The average molecular weight is 367 g/mol. The minimum Gasteiger partial charge on any atom is -0.459 e. The number of carbonyl (C=O) groups is 2. The van der Waals surface area contributed by atoms with E-state index in [1.807, 2.05) is 43.3 Å². The number of furan rings is 1. The molecule has 0 saturated carbocycles. The summed E-state index contributed by atoms with van der Waals surface area (Å²) in [5, 5.41) is 3.73. The zero-order valence-electron chi connectivity index (χ0n) is 15.2. The summed E-state index contributed by atoms with van der Waals surface area (Å²) in [6, 6.07) is 16.1. The normalized spacial score (nSPS) is 11.9. The molecule has 0 unspecified atom stereocenters. The Bertz CT molecular complexity index is 913. The van der Waals surface area contributed by atoms with Gasteiger partial charge in [-0.1, -0.05) is 30.3 Å². The average Bonchev–Trinajstić information content (AvgIpc) is 3.11. The summed E-state index contributed by atoms with van der Waals surface area (Å²) in [6.45, 7) is 1.85. The Morgan fingerprint density at radius 3 is 2.70 bits per heavy atom. The Labute approximate surface area is 157 Å². The maximum Gasteiger partial charge on any atom is 0.338 e. The number of carbonyl (C=O) groups excluding carboxylic acids is 2. The van der Waals surface area contributed by atoms with Gasteiger partial charge < -0.3 is 19.2 Å². The summed E-state index contributed by atoms with van der Waals surface area (Å²) in [6.07, 6.45) is 0. The van der Waals surface area contributed by atoms with Crippen LogP contribution in [0.5, 0.6) is 0 Å². The fraction of sp³-hybridized carbons (Fsp3) is 0.238. The van der Waals surface area contributed by atoms with Crippen LogP contribution in [0.25, 0.3) is 11.0 Å². The highest BCUT2D eigenvalue weighted by atomic mass is 16.5. The molecular formula is C21H21NO5. The number of hydrogen-bond acceptors (Lipinski definition) is 5. The van der Waals surface area contributed by atoms with E-state index in [2.05, 4.69) is 5.32 Å². The highest BCUT2D eigenvalue weighted by Crippen LogP contribution is 2.23. The predicted octanol–water partition coefficient (Wildman–Crippen LogP) is 3.61. The molecule has 1 atom stereocenters. The fourth-order valence-corrected chi connectivity index (χ4v) is 2.74. The van der Waals surface area contributed by atoms with Gasteiger partial charge in [0.15, 0.2) is 6.61 Å². The van der Waals surface area contributed by atoms with Gasteiger partial charge in [0, 0.05) is 12.5 Å². The number of nitrogens with one attached hydrogen (secondary N) is 1. The van der Waals surface area contributed by atoms with Crippen molar-refractivity contribution in [2.45, 2.75) is 19.6 Å². The van der Waals surface area contributed by atoms with Crippen molar-refractivity contribution in [3.8, 4) is 0 Å². The summed E-state index contributed by atoms with van der Waals surface area (Å²) in [5.74, 6) is -0.313. The molecule has 0 radical (unpaired) electrons. The zero-order chi connectivity index (χ0) is 19.2. The molecule has 1 amide bonds. The molecule has 0 spiro atoms. The Kier molecular flexibility index (Phi) is 5.88. The lowest BCUT2D eigenvalue weighted by atomic mass is 10.1. The van der Waals surface area contributed by atoms with Crippen LogP contribution >= 0.6 is 0 Å². The van der Waals surface area contributed by atoms with Gasteiger partial charge in [0.25, 0.3) is 5.91 Å². The summed E-state index contributed by atoms with van der Waals surface area (Å²) in [4.78, 5) is 24.2. The van der Waals surface area contributed by atoms with E-state index in [4.69, 9.17) is 13.9 Å². The van der Waals surface area contributed by atoms with Gasteiger partial charge >= 0.3 is 5.97 Å². The van der Waals surface area contributed by atoms with Gasteiger partial charge in [-0.25, -0.2) is 4.79 Å². The number of methoxy groups -OCH3 is 1. The topological polar surface area (TPSA) is 77.8 Å². The van der Waals surface area contributed by atoms with Crippen LogP contribution in [0.4, 0.5) is 0 Å². The van der Waals surface area contributed by atoms with Crippen LogP contribution in [-0.2, 0) is 20.9 Å². The van der Waals surface area contributed by atoms with E-state index >= 15 is 0 Å². The lowest BCUT2D eigenvalue weighted by molar-refractivity contribution is -0.125. The van der Waals surface area contributed by atoms with Crippen molar-refractivity contribution >= 4 is 22.8 Å². The molecule has 0 aliphatic rings. The first kappa shape index (κ1) is 18.7. The summed E-state index contributed by atoms with van der Waals surface area (Å²) in [7, 11) is 1.58. The molecule has 140 valence electrons. The molecule has 6 nitrogen and oxygen atoms in total. The fourth-order valence-electron chi connectivity index (χ4n) is 2.74. The molecule has 0 aliphatic carbocycles. The smallest absolute Gasteiger partial charge is 0.338 e. The second-order valence-electron chi connectivity index (χ2n) is 6.19. The second kappa shape index (κ2) is 8.51. The molecule has 27 heavy (non-hydrogen) atoms. The third-order valence-electron chi connectivity index (χ3n) is 4.06. The van der Waals surface area contributed by atoms with Crippen molar-refractivity contribution in [1.82, 2.24) is 5.32 Å². The standard InChI is InChI=1S/C21H21NO5/c1-14(19-11-16-7-3-4-9-18(16)27-19)22-20(23)13-26-21(24)17-8-5-6-15(10-17)12-25-2/h3-11,14H,12-13H2,1-2H3,(H,22,23)/t14-/m0/s1. The van der Waals surface area contributed by atoms with Crippen LogP contribution in [0.2, 0.25) is 0 Å². The molecule has 3 aromatic rings. The van der Waals surface area contributed by atoms with Crippen LogP contribution in [-0.4, -0.2) is 25.6 Å². The van der Waals surface area contributed by atoms with Gasteiger partial charge in [-0.15, -0.1) is 0 Å². The summed E-state index contributed by atoms with van der Waals surface area (Å²) >= 11 is 0. The van der Waals surface area contributed by atoms with Gasteiger partial charge in [-0.3, -0.25) is 4.79 Å². The van der Waals surface area contributed by atoms with E-state index in [1.54, 1.807) is 25.3 Å². The molecule has 1 heterocycles. The third-order valence-corrected chi connectivity index (χ3v) is 4.06. The van der Waals surface area contributed by atoms with Crippen LogP contribution in [0, 0.1) is 0 Å². The van der Waals surface area contributed by atoms with Crippen molar-refractivity contribution in [2.75, 3.05) is 13.7 Å². The summed E-state index contributed by atoms with van der Waals surface area (Å²) < 4.78 is 15.9. The maximum absolute atomic E-state index is 12.1. The van der Waals surface area contributed by atoms with Crippen molar-refractivity contribution in [1.29, 1.82) is 0 Å². The highest BCUT2D eigenvalue weighted by molar-refractivity contribution is 5.91. The van der Waals surface area contributed by atoms with Gasteiger partial charge in [-0.2, -0.15) is 0 Å². The number of ether oxygens (including phenoxy) is 2. The number of fused-ring (bicyclic) bond motifs is 1. The Hall–Kier alpha value is -3.12. The molecule has 1 N–H and O–H groups in total. The number of amides is 1. The van der Waals surface area contributed by atoms with E-state index in [9.17, 15) is 9.59 Å². The van der Waals surface area contributed by atoms with Crippen LogP contribution in [0.1, 0.15) is 34.6 Å². The number of rotatable bonds is 7. The third kappa shape index (κ3) is 4.74. The van der Waals surface area contributed by atoms with E-state index in [0.29, 0.717) is 17.9 Å². The quantitative estimate of drug-likeness (QED) is 0.646. The van der Waals surface area contributed by atoms with Crippen molar-refractivity contribution < 1.29 is 23.5 Å². The van der Waals surface area contributed by atoms with Crippen LogP contribution in [0.3, 0.4) is 0 Å². The Morgan fingerprint density at radius 1 is 1.11 bits per heavy atom. The Balaban J connectivity index is 1.54. The number of para-hydroxylation sites is 1. The SMILES string of the molecule is COCc1cccc(C(=O)OCC(=O)N[C@@H](C)c2cc3ccccc3o2)c1. The largest absolute Gasteiger partial charge is 0.459 e. The summed E-state index contributed by atoms with van der Waals surface area (Å²) in [5.41, 5.74) is 1.99. The van der Waals surface area contributed by atoms with Gasteiger partial charge in [0.1, 0.15) is 11.3 Å². The minimum absolute atomic E-state index is 0.339. The van der Waals surface area contributed by atoms with Gasteiger partial charge in [0.2, 0.25) is 0 Å². The molecule has 0 aliphatic heterocycles. The monoisotopic (exact) mass is 367 g/mol. The lowest BCUT2D eigenvalue weighted by Crippen LogP contribution is -2.31. The molecule has 0 bridgehead atoms. The number of esters is 1. The molecule has 0 fully saturated rings. The number of benzene rings is 2. The molecular weight excluding hydrogens is 346 g/mol. The molecule has 0 saturated heterocycles. The van der Waals surface area contributed by atoms with E-state index < -0.39 is 11.9 Å². The molecule has 3 rings (SSSR count). The first-order chi connectivity index (χ1) is 13.1. The van der Waals surface area contributed by atoms with E-state index in [-0.39, 0.29) is 12.6 Å².